The molecule has 0 amide bonds. The summed E-state index contributed by atoms with van der Waals surface area (Å²) in [6.45, 7) is 3.05. The molecule has 0 fully saturated rings. The summed E-state index contributed by atoms with van der Waals surface area (Å²) >= 11 is 0. The summed E-state index contributed by atoms with van der Waals surface area (Å²) in [5.74, 6) is -0.139. The molecule has 0 bridgehead atoms. The van der Waals surface area contributed by atoms with E-state index < -0.39 is 5.82 Å². The molecule has 0 saturated carbocycles. The topological polar surface area (TPSA) is 38.5 Å². The fourth-order valence-electron chi connectivity index (χ4n) is 1.12. The molecule has 0 heterocycles. The van der Waals surface area contributed by atoms with Crippen molar-refractivity contribution in [3.05, 3.63) is 23.5 Å². The van der Waals surface area contributed by atoms with Crippen LogP contribution in [0.4, 0.5) is 10.1 Å². The number of anilines is 1. The summed E-state index contributed by atoms with van der Waals surface area (Å²) in [4.78, 5) is 1.97. The van der Waals surface area contributed by atoms with Gasteiger partial charge in [0.1, 0.15) is 6.61 Å². The van der Waals surface area contributed by atoms with E-state index in [0.717, 1.165) is 12.1 Å². The molecule has 0 atom stereocenters. The molecule has 84 valence electrons. The second kappa shape index (κ2) is 4.98. The molecule has 0 aliphatic rings. The SMILES string of the molecule is Cc1cc(OCCN(C)C)c(F)cc1N. The molecule has 15 heavy (non-hydrogen) atoms. The van der Waals surface area contributed by atoms with Crippen LogP contribution in [0.5, 0.6) is 5.75 Å². The molecule has 4 heteroatoms. The van der Waals surface area contributed by atoms with Crippen LogP contribution in [0.3, 0.4) is 0 Å². The number of hydrogen-bond donors (Lipinski definition) is 1. The van der Waals surface area contributed by atoms with Gasteiger partial charge in [0, 0.05) is 18.3 Å². The molecule has 0 aliphatic heterocycles. The highest BCUT2D eigenvalue weighted by atomic mass is 19.1. The Bertz CT molecular complexity index is 340. The molecule has 3 nitrogen and oxygen atoms in total. The summed E-state index contributed by atoms with van der Waals surface area (Å²) in [7, 11) is 3.88. The van der Waals surface area contributed by atoms with E-state index in [-0.39, 0.29) is 5.75 Å². The van der Waals surface area contributed by atoms with Crippen molar-refractivity contribution in [2.24, 2.45) is 0 Å². The van der Waals surface area contributed by atoms with Crippen LogP contribution in [-0.2, 0) is 0 Å². The van der Waals surface area contributed by atoms with Crippen LogP contribution in [0.15, 0.2) is 12.1 Å². The molecular weight excluding hydrogens is 195 g/mol. The number of aryl methyl sites for hydroxylation is 1. The normalized spacial score (nSPS) is 10.7. The zero-order chi connectivity index (χ0) is 11.4. The van der Waals surface area contributed by atoms with Crippen molar-refractivity contribution in [1.29, 1.82) is 0 Å². The van der Waals surface area contributed by atoms with Crippen LogP contribution in [-0.4, -0.2) is 32.1 Å². The van der Waals surface area contributed by atoms with Crippen molar-refractivity contribution in [1.82, 2.24) is 4.90 Å². The monoisotopic (exact) mass is 212 g/mol. The molecule has 1 aromatic rings. The predicted octanol–water partition coefficient (Wildman–Crippen LogP) is 1.66. The van der Waals surface area contributed by atoms with Gasteiger partial charge in [0.05, 0.1) is 0 Å². The van der Waals surface area contributed by atoms with E-state index in [2.05, 4.69) is 0 Å². The third-order valence-corrected chi connectivity index (χ3v) is 2.12. The van der Waals surface area contributed by atoms with Gasteiger partial charge in [-0.15, -0.1) is 0 Å². The number of benzene rings is 1. The molecule has 0 spiro atoms. The van der Waals surface area contributed by atoms with Crippen molar-refractivity contribution < 1.29 is 9.13 Å². The fraction of sp³-hybridized carbons (Fsp3) is 0.455. The van der Waals surface area contributed by atoms with Crippen LogP contribution in [0.2, 0.25) is 0 Å². The van der Waals surface area contributed by atoms with Crippen molar-refractivity contribution in [2.75, 3.05) is 33.0 Å². The zero-order valence-electron chi connectivity index (χ0n) is 9.38. The van der Waals surface area contributed by atoms with Gasteiger partial charge in [-0.2, -0.15) is 0 Å². The first-order valence-corrected chi connectivity index (χ1v) is 4.84. The second-order valence-electron chi connectivity index (χ2n) is 3.79. The van der Waals surface area contributed by atoms with Crippen molar-refractivity contribution in [2.45, 2.75) is 6.92 Å². The highest BCUT2D eigenvalue weighted by Crippen LogP contribution is 2.23. The molecular formula is C11H17FN2O. The lowest BCUT2D eigenvalue weighted by Gasteiger charge is -2.12. The van der Waals surface area contributed by atoms with E-state index in [1.807, 2.05) is 25.9 Å². The summed E-state index contributed by atoms with van der Waals surface area (Å²) in [5, 5.41) is 0. The Balaban J connectivity index is 2.65. The maximum atomic E-state index is 13.3. The number of halogens is 1. The Kier molecular flexibility index (Phi) is 3.91. The second-order valence-corrected chi connectivity index (χ2v) is 3.79. The number of likely N-dealkylation sites (N-methyl/N-ethyl adjacent to an activating group) is 1. The van der Waals surface area contributed by atoms with Gasteiger partial charge in [-0.3, -0.25) is 0 Å². The molecule has 0 aromatic heterocycles. The molecule has 0 unspecified atom stereocenters. The standard InChI is InChI=1S/C11H17FN2O/c1-8-6-11(9(12)7-10(8)13)15-5-4-14(2)3/h6-7H,4-5,13H2,1-3H3. The van der Waals surface area contributed by atoms with Crippen LogP contribution in [0.1, 0.15) is 5.56 Å². The highest BCUT2D eigenvalue weighted by molar-refractivity contribution is 5.50. The van der Waals surface area contributed by atoms with E-state index in [4.69, 9.17) is 10.5 Å². The minimum atomic E-state index is -0.406. The number of nitrogens with zero attached hydrogens (tertiary/aromatic N) is 1. The fourth-order valence-corrected chi connectivity index (χ4v) is 1.12. The van der Waals surface area contributed by atoms with Gasteiger partial charge in [0.25, 0.3) is 0 Å². The van der Waals surface area contributed by atoms with Gasteiger partial charge < -0.3 is 15.4 Å². The Hall–Kier alpha value is -1.29. The minimum absolute atomic E-state index is 0.267. The Morgan fingerprint density at radius 2 is 2.07 bits per heavy atom. The molecule has 0 aliphatic carbocycles. The maximum absolute atomic E-state index is 13.3. The van der Waals surface area contributed by atoms with Crippen LogP contribution in [0, 0.1) is 12.7 Å². The smallest absolute Gasteiger partial charge is 0.167 e. The zero-order valence-corrected chi connectivity index (χ0v) is 9.38. The van der Waals surface area contributed by atoms with Crippen LogP contribution in [0.25, 0.3) is 0 Å². The number of nitrogen functional groups attached to an aromatic ring is 1. The van der Waals surface area contributed by atoms with Gasteiger partial charge in [0.15, 0.2) is 11.6 Å². The number of ether oxygens (including phenoxy) is 1. The van der Waals surface area contributed by atoms with Crippen molar-refractivity contribution in [3.8, 4) is 5.75 Å². The molecule has 2 N–H and O–H groups in total. The average molecular weight is 212 g/mol. The van der Waals surface area contributed by atoms with Gasteiger partial charge >= 0.3 is 0 Å². The maximum Gasteiger partial charge on any atom is 0.167 e. The molecule has 0 saturated heterocycles. The van der Waals surface area contributed by atoms with Gasteiger partial charge in [-0.05, 0) is 32.6 Å². The first kappa shape index (κ1) is 11.8. The molecule has 0 radical (unpaired) electrons. The third kappa shape index (κ3) is 3.40. The summed E-state index contributed by atoms with van der Waals surface area (Å²) < 4.78 is 18.6. The lowest BCUT2D eigenvalue weighted by Crippen LogP contribution is -2.19. The number of hydrogen-bond acceptors (Lipinski definition) is 3. The first-order chi connectivity index (χ1) is 7.00. The Morgan fingerprint density at radius 3 is 2.67 bits per heavy atom. The first-order valence-electron chi connectivity index (χ1n) is 4.84. The molecule has 1 aromatic carbocycles. The molecule has 1 rings (SSSR count). The lowest BCUT2D eigenvalue weighted by atomic mass is 10.2. The predicted molar refractivity (Wildman–Crippen MR) is 59.6 cm³/mol. The van der Waals surface area contributed by atoms with Gasteiger partial charge in [-0.1, -0.05) is 0 Å². The average Bonchev–Trinajstić information content (AvgIpc) is 2.13. The number of nitrogens with two attached hydrogens (primary N) is 1. The number of rotatable bonds is 4. The van der Waals surface area contributed by atoms with E-state index in [1.54, 1.807) is 6.07 Å². The van der Waals surface area contributed by atoms with E-state index in [1.165, 1.54) is 6.07 Å². The highest BCUT2D eigenvalue weighted by Gasteiger charge is 2.06. The minimum Gasteiger partial charge on any atom is -0.489 e. The van der Waals surface area contributed by atoms with Crippen molar-refractivity contribution in [3.63, 3.8) is 0 Å². The summed E-state index contributed by atoms with van der Waals surface area (Å²) in [6.07, 6.45) is 0. The quantitative estimate of drug-likeness (QED) is 0.771. The van der Waals surface area contributed by atoms with Crippen LogP contribution < -0.4 is 10.5 Å². The van der Waals surface area contributed by atoms with Crippen LogP contribution >= 0.6 is 0 Å². The van der Waals surface area contributed by atoms with Crippen molar-refractivity contribution >= 4 is 5.69 Å². The Morgan fingerprint density at radius 1 is 1.40 bits per heavy atom. The van der Waals surface area contributed by atoms with E-state index in [9.17, 15) is 4.39 Å². The lowest BCUT2D eigenvalue weighted by molar-refractivity contribution is 0.252. The van der Waals surface area contributed by atoms with E-state index in [0.29, 0.717) is 12.3 Å². The third-order valence-electron chi connectivity index (χ3n) is 2.12. The summed E-state index contributed by atoms with van der Waals surface area (Å²) in [6, 6.07) is 2.92. The summed E-state index contributed by atoms with van der Waals surface area (Å²) in [5.41, 5.74) is 6.84. The van der Waals surface area contributed by atoms with E-state index >= 15 is 0 Å². The van der Waals surface area contributed by atoms with Gasteiger partial charge in [0.2, 0.25) is 0 Å². The largest absolute Gasteiger partial charge is 0.489 e. The Labute approximate surface area is 89.6 Å². The van der Waals surface area contributed by atoms with Gasteiger partial charge in [-0.25, -0.2) is 4.39 Å².